The van der Waals surface area contributed by atoms with Gasteiger partial charge in [-0.15, -0.1) is 0 Å². The van der Waals surface area contributed by atoms with Crippen LogP contribution in [0.2, 0.25) is 0 Å². The molecule has 2 saturated heterocycles. The zero-order chi connectivity index (χ0) is 47.5. The van der Waals surface area contributed by atoms with E-state index in [1.165, 1.54) is 7.11 Å². The number of aliphatic hydroxyl groups is 4. The standard InChI is InChI=1S/C50H77NO13/c1-29-15-11-10-12-16-30(2)40(53)27-37-20-18-35(7)50(60,64-37)47(57)48(58)51-22-14-13-17-38(51)49(59)63-42(32(4)25-36-19-21-39(52)43(26-36)61-8)28-41(54)31(3)24-34(6)45(56)46(62-9)44(55)33(5)23-29/h10-12,15-16,24,29,31-33,35-40,42-43,45-46,52-53,56,60H,13-14,17-23,25-28H2,1-9H3/t29-,31-,32-,33-,35-,36+,37+,38+,39-,40?,42+,43-,45-,46+,50-/m1/s1. The number of ether oxygens (including phenoxy) is 4. The van der Waals surface area contributed by atoms with E-state index < -0.39 is 83.9 Å². The van der Waals surface area contributed by atoms with Crippen molar-refractivity contribution in [3.8, 4) is 0 Å². The summed E-state index contributed by atoms with van der Waals surface area (Å²) in [6.07, 6.45) is 9.53. The third-order valence-corrected chi connectivity index (χ3v) is 14.2. The van der Waals surface area contributed by atoms with E-state index in [1.54, 1.807) is 60.0 Å². The molecule has 0 radical (unpaired) electrons. The molecule has 1 unspecified atom stereocenters. The number of aliphatic hydroxyl groups excluding tert-OH is 3. The van der Waals surface area contributed by atoms with Crippen LogP contribution in [0, 0.1) is 35.5 Å². The molecule has 2 bridgehead atoms. The Morgan fingerprint density at radius 3 is 2.27 bits per heavy atom. The third-order valence-electron chi connectivity index (χ3n) is 14.2. The summed E-state index contributed by atoms with van der Waals surface area (Å²) in [5.74, 6) is -8.24. The topological polar surface area (TPSA) is 206 Å². The minimum Gasteiger partial charge on any atom is -0.460 e. The molecule has 1 aliphatic carbocycles. The van der Waals surface area contributed by atoms with Crippen molar-refractivity contribution < 1.29 is 63.3 Å². The van der Waals surface area contributed by atoms with E-state index in [9.17, 15) is 44.4 Å². The summed E-state index contributed by atoms with van der Waals surface area (Å²) in [6, 6.07) is -1.16. The number of nitrogens with zero attached hydrogens (tertiary/aromatic N) is 1. The van der Waals surface area contributed by atoms with E-state index in [1.807, 2.05) is 32.1 Å². The number of carbonyl (C=O) groups is 5. The Morgan fingerprint density at radius 2 is 1.58 bits per heavy atom. The van der Waals surface area contributed by atoms with Gasteiger partial charge in [0, 0.05) is 51.4 Å². The van der Waals surface area contributed by atoms with E-state index in [4.69, 9.17) is 18.9 Å². The lowest BCUT2D eigenvalue weighted by Gasteiger charge is -2.42. The quantitative estimate of drug-likeness (QED) is 0.153. The maximum atomic E-state index is 14.3. The average Bonchev–Trinajstić information content (AvgIpc) is 3.26. The number of carbonyl (C=O) groups excluding carboxylic acids is 5. The predicted molar refractivity (Wildman–Crippen MR) is 240 cm³/mol. The average molecular weight is 900 g/mol. The Hall–Kier alpha value is -3.37. The second-order valence-corrected chi connectivity index (χ2v) is 19.4. The first-order valence-corrected chi connectivity index (χ1v) is 23.5. The fraction of sp³-hybridized carbons (Fsp3) is 0.740. The van der Waals surface area contributed by atoms with Gasteiger partial charge < -0.3 is 44.3 Å². The second-order valence-electron chi connectivity index (χ2n) is 19.4. The van der Waals surface area contributed by atoms with Gasteiger partial charge in [0.25, 0.3) is 11.7 Å². The van der Waals surface area contributed by atoms with Gasteiger partial charge in [-0.25, -0.2) is 4.79 Å². The number of hydrogen-bond acceptors (Lipinski definition) is 13. The van der Waals surface area contributed by atoms with E-state index in [-0.39, 0.29) is 61.2 Å². The lowest BCUT2D eigenvalue weighted by molar-refractivity contribution is -0.265. The van der Waals surface area contributed by atoms with Gasteiger partial charge in [-0.1, -0.05) is 71.1 Å². The molecule has 15 atom stereocenters. The second kappa shape index (κ2) is 24.4. The molecule has 4 rings (SSSR count). The number of piperidine rings is 1. The summed E-state index contributed by atoms with van der Waals surface area (Å²) in [4.78, 5) is 71.4. The molecule has 360 valence electrons. The molecule has 0 aromatic heterocycles. The number of cyclic esters (lactones) is 1. The van der Waals surface area contributed by atoms with Crippen molar-refractivity contribution in [2.45, 2.75) is 180 Å². The lowest BCUT2D eigenvalue weighted by Crippen LogP contribution is -2.61. The zero-order valence-electron chi connectivity index (χ0n) is 39.6. The predicted octanol–water partition coefficient (Wildman–Crippen LogP) is 5.53. The summed E-state index contributed by atoms with van der Waals surface area (Å²) >= 11 is 0. The van der Waals surface area contributed by atoms with Crippen molar-refractivity contribution in [3.63, 3.8) is 0 Å². The van der Waals surface area contributed by atoms with Gasteiger partial charge in [-0.3, -0.25) is 19.2 Å². The number of rotatable bonds is 5. The third kappa shape index (κ3) is 13.8. The molecule has 4 aliphatic rings. The molecule has 3 heterocycles. The van der Waals surface area contributed by atoms with Crippen LogP contribution in [0.1, 0.15) is 126 Å². The Labute approximate surface area is 380 Å². The molecule has 14 nitrogen and oxygen atoms in total. The number of allylic oxidation sites excluding steroid dienone is 6. The van der Waals surface area contributed by atoms with Crippen molar-refractivity contribution in [2.24, 2.45) is 35.5 Å². The van der Waals surface area contributed by atoms with Gasteiger partial charge in [0.2, 0.25) is 5.79 Å². The van der Waals surface area contributed by atoms with Crippen LogP contribution in [0.4, 0.5) is 0 Å². The van der Waals surface area contributed by atoms with Crippen LogP contribution in [0.5, 0.6) is 0 Å². The number of amides is 1. The lowest BCUT2D eigenvalue weighted by atomic mass is 9.78. The van der Waals surface area contributed by atoms with Crippen LogP contribution >= 0.6 is 0 Å². The number of fused-ring (bicyclic) bond motifs is 3. The van der Waals surface area contributed by atoms with Crippen LogP contribution in [0.3, 0.4) is 0 Å². The molecule has 64 heavy (non-hydrogen) atoms. The van der Waals surface area contributed by atoms with Crippen molar-refractivity contribution in [2.75, 3.05) is 20.8 Å². The molecule has 1 amide bonds. The van der Waals surface area contributed by atoms with Crippen LogP contribution in [-0.4, -0.2) is 130 Å². The fourth-order valence-corrected chi connectivity index (χ4v) is 9.85. The zero-order valence-corrected chi connectivity index (χ0v) is 39.6. The van der Waals surface area contributed by atoms with Gasteiger partial charge in [0.15, 0.2) is 5.78 Å². The highest BCUT2D eigenvalue weighted by molar-refractivity contribution is 6.39. The molecular weight excluding hydrogens is 823 g/mol. The summed E-state index contributed by atoms with van der Waals surface area (Å²) in [5.41, 5.74) is 1.000. The van der Waals surface area contributed by atoms with Crippen molar-refractivity contribution in [1.29, 1.82) is 0 Å². The fourth-order valence-electron chi connectivity index (χ4n) is 9.85. The van der Waals surface area contributed by atoms with Gasteiger partial charge in [-0.05, 0) is 107 Å². The summed E-state index contributed by atoms with van der Waals surface area (Å²) < 4.78 is 23.3. The molecule has 3 fully saturated rings. The van der Waals surface area contributed by atoms with E-state index in [0.717, 1.165) is 4.90 Å². The minimum absolute atomic E-state index is 0.00489. The molecule has 4 N–H and O–H groups in total. The minimum atomic E-state index is -2.48. The van der Waals surface area contributed by atoms with Gasteiger partial charge in [-0.2, -0.15) is 0 Å². The van der Waals surface area contributed by atoms with E-state index >= 15 is 0 Å². The number of esters is 1. The molecule has 0 aromatic carbocycles. The van der Waals surface area contributed by atoms with E-state index in [2.05, 4.69) is 0 Å². The van der Waals surface area contributed by atoms with Crippen molar-refractivity contribution in [1.82, 2.24) is 4.90 Å². The first-order chi connectivity index (χ1) is 30.2. The molecule has 1 saturated carbocycles. The van der Waals surface area contributed by atoms with E-state index in [0.29, 0.717) is 68.9 Å². The highest BCUT2D eigenvalue weighted by atomic mass is 16.6. The molecule has 0 aromatic rings. The molecular formula is C50H77NO13. The highest BCUT2D eigenvalue weighted by Gasteiger charge is 2.53. The Bertz CT molecular complexity index is 1740. The largest absolute Gasteiger partial charge is 0.460 e. The van der Waals surface area contributed by atoms with Crippen LogP contribution in [0.25, 0.3) is 0 Å². The number of hydrogen-bond donors (Lipinski definition) is 4. The normalized spacial score (nSPS) is 38.2. The smallest absolute Gasteiger partial charge is 0.329 e. The van der Waals surface area contributed by atoms with Gasteiger partial charge in [0.1, 0.15) is 30.1 Å². The van der Waals surface area contributed by atoms with Gasteiger partial charge >= 0.3 is 5.97 Å². The van der Waals surface area contributed by atoms with Crippen molar-refractivity contribution in [3.05, 3.63) is 47.6 Å². The maximum absolute atomic E-state index is 14.3. The van der Waals surface area contributed by atoms with Crippen molar-refractivity contribution >= 4 is 29.2 Å². The highest BCUT2D eigenvalue weighted by Crippen LogP contribution is 2.37. The summed E-state index contributed by atoms with van der Waals surface area (Å²) in [5, 5.41) is 44.8. The number of methoxy groups -OCH3 is 2. The SMILES string of the molecule is CO[C@@H]1C[C@H](C[C@@H](C)[C@@H]2CC(=O)[C@H](C)C=C(C)[C@@H](O)[C@@H](OC)C(=O)[C@H](C)C[C@H](C)C=CC=CC=C(C)C(O)C[C@@H]3CC[C@@H](C)[C@@](O)(O3)C(=O)C(=O)N3CCCC[C@H]3C(=O)O2)CC[C@H]1O. The van der Waals surface area contributed by atoms with Gasteiger partial charge in [0.05, 0.1) is 24.4 Å². The first kappa shape index (κ1) is 53.2. The monoisotopic (exact) mass is 900 g/mol. The molecule has 3 aliphatic heterocycles. The summed E-state index contributed by atoms with van der Waals surface area (Å²) in [6.45, 7) is 12.5. The Kier molecular flexibility index (Phi) is 20.3. The maximum Gasteiger partial charge on any atom is 0.329 e. The first-order valence-electron chi connectivity index (χ1n) is 23.5. The van der Waals surface area contributed by atoms with Crippen LogP contribution in [-0.2, 0) is 42.9 Å². The Balaban J connectivity index is 1.69. The van der Waals surface area contributed by atoms with Crippen LogP contribution < -0.4 is 0 Å². The number of Topliss-reactive ketones (excluding diaryl/α,β-unsaturated/α-hetero) is 3. The summed E-state index contributed by atoms with van der Waals surface area (Å²) in [7, 11) is 2.93. The number of ketones is 3. The molecule has 0 spiro atoms. The molecule has 14 heteroatoms. The Morgan fingerprint density at radius 1 is 0.859 bits per heavy atom. The van der Waals surface area contributed by atoms with Crippen LogP contribution in [0.15, 0.2) is 47.6 Å².